The third-order valence-corrected chi connectivity index (χ3v) is 14.0. The minimum absolute atomic E-state index is 0.164. The topological polar surface area (TPSA) is 251 Å². The predicted molar refractivity (Wildman–Crippen MR) is 277 cm³/mol. The predicted octanol–water partition coefficient (Wildman–Crippen LogP) is 7.54. The van der Waals surface area contributed by atoms with Gasteiger partial charge in [0.05, 0.1) is 30.8 Å². The Kier molecular flexibility index (Phi) is 22.9. The molecule has 2 heterocycles. The van der Waals surface area contributed by atoms with Gasteiger partial charge in [0.2, 0.25) is 0 Å². The summed E-state index contributed by atoms with van der Waals surface area (Å²) in [5.74, 6) is -0.818. The summed E-state index contributed by atoms with van der Waals surface area (Å²) in [6.45, 7) is 9.45. The molecule has 0 aromatic heterocycles. The summed E-state index contributed by atoms with van der Waals surface area (Å²) in [5, 5.41) is 50.4. The van der Waals surface area contributed by atoms with Crippen LogP contribution in [0, 0.1) is 0 Å². The van der Waals surface area contributed by atoms with Crippen molar-refractivity contribution in [3.63, 3.8) is 0 Å². The number of aliphatic hydroxyl groups excluding tert-OH is 4. The molecule has 2 fully saturated rings. The van der Waals surface area contributed by atoms with E-state index in [-0.39, 0.29) is 17.3 Å². The monoisotopic (exact) mass is 1100 g/mol. The van der Waals surface area contributed by atoms with Gasteiger partial charge in [-0.3, -0.25) is 18.6 Å². The molecule has 5 aromatic carbocycles. The standard InChI is InChI=1S/C26H29ClO8.C21H25ClO6.C8H10O3S/c1-5-22-24(32-14(2)28)26(34-16(4)30)25(33-15(3)29)23(35-22)18-8-11-21(27)19(13-18)12-17-6-9-20(31)10-7-17;1-2-27-15-6-3-12(4-7-15)9-14-10-13(5-8-16(14)22)21-20(26)19(25)18(24)17(11-23)28-21;1-2-11-12(9,10)8-6-4-3-5-7-8/h6-11,13,22-26,31H,5,12H2,1-4H3;3-8,10,17-21,23-26H,2,9,11H2,1H3;3-7H,2H2,1H3/t22-,23+,24-,25+,26+;17-,18-,19+,20-,21+;/m11./s1. The van der Waals surface area contributed by atoms with Gasteiger partial charge in [0, 0.05) is 30.8 Å². The summed E-state index contributed by atoms with van der Waals surface area (Å²) >= 11 is 12.8. The van der Waals surface area contributed by atoms with Crippen LogP contribution in [-0.4, -0.2) is 121 Å². The van der Waals surface area contributed by atoms with E-state index in [1.54, 1.807) is 73.7 Å². The summed E-state index contributed by atoms with van der Waals surface area (Å²) in [5.41, 5.74) is 4.87. The number of aromatic hydroxyl groups is 1. The number of esters is 3. The second-order valence-corrected chi connectivity index (χ2v) is 19.9. The minimum atomic E-state index is -3.51. The van der Waals surface area contributed by atoms with Gasteiger partial charge in [0.25, 0.3) is 10.1 Å². The molecule has 2 aliphatic heterocycles. The van der Waals surface area contributed by atoms with Gasteiger partial charge in [-0.2, -0.15) is 8.42 Å². The van der Waals surface area contributed by atoms with Crippen molar-refractivity contribution in [2.45, 2.75) is 127 Å². The Morgan fingerprint density at radius 1 is 0.587 bits per heavy atom. The number of phenols is 1. The largest absolute Gasteiger partial charge is 0.508 e. The van der Waals surface area contributed by atoms with Gasteiger partial charge in [0.1, 0.15) is 48.1 Å². The molecule has 0 spiro atoms. The lowest BCUT2D eigenvalue weighted by Gasteiger charge is -2.44. The fraction of sp³-hybridized carbons (Fsp3) is 0.400. The summed E-state index contributed by atoms with van der Waals surface area (Å²) in [6.07, 6.45) is -8.96. The van der Waals surface area contributed by atoms with Crippen LogP contribution in [0.2, 0.25) is 10.0 Å². The summed E-state index contributed by atoms with van der Waals surface area (Å²) < 4.78 is 61.0. The zero-order chi connectivity index (χ0) is 55.0. The summed E-state index contributed by atoms with van der Waals surface area (Å²) in [4.78, 5) is 36.0. The van der Waals surface area contributed by atoms with E-state index in [0.717, 1.165) is 28.0 Å². The molecule has 5 N–H and O–H groups in total. The third-order valence-electron chi connectivity index (χ3n) is 11.9. The molecule has 2 saturated heterocycles. The van der Waals surface area contributed by atoms with Gasteiger partial charge in [-0.1, -0.05) is 96.9 Å². The zero-order valence-electron chi connectivity index (χ0n) is 42.3. The fourth-order valence-electron chi connectivity index (χ4n) is 8.42. The van der Waals surface area contributed by atoms with E-state index in [2.05, 4.69) is 4.18 Å². The Labute approximate surface area is 446 Å². The highest BCUT2D eigenvalue weighted by atomic mass is 35.5. The summed E-state index contributed by atoms with van der Waals surface area (Å²) in [7, 11) is -3.51. The van der Waals surface area contributed by atoms with E-state index in [0.29, 0.717) is 47.0 Å². The molecule has 0 amide bonds. The average Bonchev–Trinajstić information content (AvgIpc) is 3.37. The number of ether oxygens (including phenoxy) is 6. The van der Waals surface area contributed by atoms with Crippen molar-refractivity contribution in [1.29, 1.82) is 0 Å². The molecular weight excluding hydrogens is 1040 g/mol. The second-order valence-electron chi connectivity index (χ2n) is 17.4. The Bertz CT molecular complexity index is 2740. The highest BCUT2D eigenvalue weighted by molar-refractivity contribution is 7.86. The highest BCUT2D eigenvalue weighted by Crippen LogP contribution is 2.40. The van der Waals surface area contributed by atoms with Crippen molar-refractivity contribution < 1.29 is 80.9 Å². The SMILES string of the molecule is CCOS(=O)(=O)c1ccccc1.CCOc1ccc(Cc2cc([C@@H]3O[C@H](CO)[C@@H](O)[C@H](O)[C@H]3O)ccc2Cl)cc1.CC[C@H]1O[C@@H](c2ccc(Cl)c(Cc3ccc(O)cc3)c2)[C@H](OC(C)=O)[C@@H](OC(C)=O)[C@@H]1OC(C)=O. The lowest BCUT2D eigenvalue weighted by Crippen LogP contribution is -2.58. The maximum atomic E-state index is 12.0. The van der Waals surface area contributed by atoms with Crippen molar-refractivity contribution in [1.82, 2.24) is 0 Å². The van der Waals surface area contributed by atoms with E-state index < -0.39 is 95.7 Å². The third kappa shape index (κ3) is 16.9. The van der Waals surface area contributed by atoms with Gasteiger partial charge in [-0.15, -0.1) is 0 Å². The molecular formula is C55H64Cl2O17S. The Hall–Kier alpha value is -5.64. The first kappa shape index (κ1) is 60.2. The van der Waals surface area contributed by atoms with Crippen LogP contribution in [0.15, 0.2) is 120 Å². The molecule has 406 valence electrons. The van der Waals surface area contributed by atoms with Crippen LogP contribution >= 0.6 is 23.2 Å². The van der Waals surface area contributed by atoms with Crippen molar-refractivity contribution in [3.8, 4) is 11.5 Å². The van der Waals surface area contributed by atoms with Crippen LogP contribution in [0.1, 0.15) is 93.6 Å². The number of benzene rings is 5. The van der Waals surface area contributed by atoms with Crippen molar-refractivity contribution in [2.24, 2.45) is 0 Å². The number of carbonyl (C=O) groups excluding carboxylic acids is 3. The minimum Gasteiger partial charge on any atom is -0.508 e. The molecule has 0 aliphatic carbocycles. The van der Waals surface area contributed by atoms with Gasteiger partial charge < -0.3 is 54.0 Å². The maximum absolute atomic E-state index is 12.0. The molecule has 0 bridgehead atoms. The molecule has 5 aromatic rings. The number of hydrogen-bond acceptors (Lipinski definition) is 17. The Balaban J connectivity index is 0.000000231. The number of carbonyl (C=O) groups is 3. The number of phenolic OH excluding ortho intramolecular Hbond substituents is 1. The lowest BCUT2D eigenvalue weighted by molar-refractivity contribution is -0.249. The van der Waals surface area contributed by atoms with E-state index in [1.165, 1.54) is 32.9 Å². The highest BCUT2D eigenvalue weighted by Gasteiger charge is 2.51. The van der Waals surface area contributed by atoms with E-state index in [9.17, 15) is 48.3 Å². The molecule has 2 aliphatic rings. The van der Waals surface area contributed by atoms with Crippen LogP contribution in [0.3, 0.4) is 0 Å². The first-order valence-electron chi connectivity index (χ1n) is 24.2. The van der Waals surface area contributed by atoms with E-state index >= 15 is 0 Å². The number of halogens is 2. The first-order chi connectivity index (χ1) is 35.7. The van der Waals surface area contributed by atoms with E-state index in [1.807, 2.05) is 50.2 Å². The van der Waals surface area contributed by atoms with Crippen molar-refractivity contribution >= 4 is 51.2 Å². The Morgan fingerprint density at radius 3 is 1.57 bits per heavy atom. The number of hydrogen-bond donors (Lipinski definition) is 5. The molecule has 20 heteroatoms. The molecule has 17 nitrogen and oxygen atoms in total. The molecule has 10 atom stereocenters. The van der Waals surface area contributed by atoms with Crippen LogP contribution in [0.25, 0.3) is 0 Å². The van der Waals surface area contributed by atoms with Crippen LogP contribution in [0.4, 0.5) is 0 Å². The molecule has 0 unspecified atom stereocenters. The normalized spacial score (nSPS) is 23.3. The molecule has 7 rings (SSSR count). The summed E-state index contributed by atoms with van der Waals surface area (Å²) in [6, 6.07) is 33.1. The van der Waals surface area contributed by atoms with Crippen LogP contribution in [0.5, 0.6) is 11.5 Å². The van der Waals surface area contributed by atoms with Gasteiger partial charge in [-0.05, 0) is 115 Å². The number of rotatable bonds is 16. The van der Waals surface area contributed by atoms with Crippen LogP contribution in [-0.2, 0) is 65.2 Å². The van der Waals surface area contributed by atoms with Gasteiger partial charge >= 0.3 is 17.9 Å². The van der Waals surface area contributed by atoms with E-state index in [4.69, 9.17) is 51.6 Å². The molecule has 0 radical (unpaired) electrons. The Morgan fingerprint density at radius 2 is 1.08 bits per heavy atom. The molecule has 75 heavy (non-hydrogen) atoms. The van der Waals surface area contributed by atoms with Crippen molar-refractivity contribution in [2.75, 3.05) is 19.8 Å². The number of aliphatic hydroxyl groups is 4. The van der Waals surface area contributed by atoms with Gasteiger partial charge in [-0.25, -0.2) is 0 Å². The quantitative estimate of drug-likeness (QED) is 0.0364. The first-order valence-corrected chi connectivity index (χ1v) is 26.3. The van der Waals surface area contributed by atoms with Crippen molar-refractivity contribution in [3.05, 3.63) is 159 Å². The molecule has 0 saturated carbocycles. The lowest BCUT2D eigenvalue weighted by atomic mass is 9.88. The fourth-order valence-corrected chi connectivity index (χ4v) is 9.72. The zero-order valence-corrected chi connectivity index (χ0v) is 44.6. The second kappa shape index (κ2) is 28.5. The maximum Gasteiger partial charge on any atom is 0.303 e. The smallest absolute Gasteiger partial charge is 0.303 e. The van der Waals surface area contributed by atoms with Gasteiger partial charge in [0.15, 0.2) is 18.3 Å². The average molecular weight is 1100 g/mol. The van der Waals surface area contributed by atoms with Crippen LogP contribution < -0.4 is 4.74 Å².